The molecule has 1 atom stereocenters. The summed E-state index contributed by atoms with van der Waals surface area (Å²) in [6.07, 6.45) is 1.32. The molecule has 5 heteroatoms. The lowest BCUT2D eigenvalue weighted by atomic mass is 9.99. The molecule has 2 aromatic rings. The zero-order chi connectivity index (χ0) is 12.5. The summed E-state index contributed by atoms with van der Waals surface area (Å²) in [6, 6.07) is 9.74. The van der Waals surface area contributed by atoms with Crippen molar-refractivity contribution in [2.24, 2.45) is 5.92 Å². The van der Waals surface area contributed by atoms with E-state index in [-0.39, 0.29) is 5.92 Å². The monoisotopic (exact) mass is 243 g/mol. The third-order valence-corrected chi connectivity index (χ3v) is 3.33. The number of hydrogen-bond acceptors (Lipinski definition) is 3. The van der Waals surface area contributed by atoms with Gasteiger partial charge in [0.2, 0.25) is 0 Å². The first-order valence-corrected chi connectivity index (χ1v) is 5.96. The normalized spacial score (nSPS) is 18.3. The van der Waals surface area contributed by atoms with Crippen LogP contribution in [-0.4, -0.2) is 25.8 Å². The molecule has 2 heterocycles. The predicted octanol–water partition coefficient (Wildman–Crippen LogP) is 1.59. The van der Waals surface area contributed by atoms with E-state index < -0.39 is 5.97 Å². The van der Waals surface area contributed by atoms with Crippen molar-refractivity contribution in [1.29, 1.82) is 0 Å². The van der Waals surface area contributed by atoms with Crippen LogP contribution in [0.3, 0.4) is 0 Å². The Morgan fingerprint density at radius 3 is 2.78 bits per heavy atom. The molecule has 0 amide bonds. The molecule has 92 valence electrons. The molecule has 5 nitrogen and oxygen atoms in total. The molecule has 1 aliphatic heterocycles. The Bertz CT molecular complexity index is 577. The maximum Gasteiger partial charge on any atom is 0.308 e. The van der Waals surface area contributed by atoms with Gasteiger partial charge in [-0.15, -0.1) is 10.2 Å². The zero-order valence-corrected chi connectivity index (χ0v) is 9.78. The highest BCUT2D eigenvalue weighted by molar-refractivity contribution is 5.70. The summed E-state index contributed by atoms with van der Waals surface area (Å²) in [5.41, 5.74) is 0.974. The fourth-order valence-electron chi connectivity index (χ4n) is 2.33. The molecular weight excluding hydrogens is 230 g/mol. The van der Waals surface area contributed by atoms with Gasteiger partial charge in [0.15, 0.2) is 5.82 Å². The molecule has 1 aromatic heterocycles. The maximum absolute atomic E-state index is 11.1. The summed E-state index contributed by atoms with van der Waals surface area (Å²) in [5, 5.41) is 17.4. The minimum atomic E-state index is -0.742. The van der Waals surface area contributed by atoms with E-state index in [1.54, 1.807) is 0 Å². The highest BCUT2D eigenvalue weighted by Crippen LogP contribution is 2.25. The van der Waals surface area contributed by atoms with E-state index in [1.807, 2.05) is 34.9 Å². The van der Waals surface area contributed by atoms with E-state index in [9.17, 15) is 4.79 Å². The van der Waals surface area contributed by atoms with Gasteiger partial charge in [-0.05, 0) is 6.42 Å². The van der Waals surface area contributed by atoms with E-state index in [1.165, 1.54) is 0 Å². The Kier molecular flexibility index (Phi) is 2.59. The highest BCUT2D eigenvalue weighted by atomic mass is 16.4. The highest BCUT2D eigenvalue weighted by Gasteiger charge is 2.27. The van der Waals surface area contributed by atoms with Crippen molar-refractivity contribution in [2.45, 2.75) is 19.4 Å². The van der Waals surface area contributed by atoms with Crippen LogP contribution in [0.1, 0.15) is 12.2 Å². The van der Waals surface area contributed by atoms with E-state index in [0.29, 0.717) is 19.4 Å². The SMILES string of the molecule is O=C(O)[C@H]1CCc2nnc(-c3ccccc3)n2C1. The average Bonchev–Trinajstić information content (AvgIpc) is 2.82. The second-order valence-corrected chi connectivity index (χ2v) is 4.49. The summed E-state index contributed by atoms with van der Waals surface area (Å²) in [6.45, 7) is 0.460. The van der Waals surface area contributed by atoms with E-state index >= 15 is 0 Å². The lowest BCUT2D eigenvalue weighted by Gasteiger charge is -2.21. The Morgan fingerprint density at radius 1 is 1.28 bits per heavy atom. The quantitative estimate of drug-likeness (QED) is 0.869. The molecule has 0 spiro atoms. The van der Waals surface area contributed by atoms with Crippen LogP contribution >= 0.6 is 0 Å². The molecule has 0 saturated carbocycles. The largest absolute Gasteiger partial charge is 0.481 e. The van der Waals surface area contributed by atoms with Crippen LogP contribution in [-0.2, 0) is 17.8 Å². The Balaban J connectivity index is 2.00. The Morgan fingerprint density at radius 2 is 2.06 bits per heavy atom. The van der Waals surface area contributed by atoms with Crippen molar-refractivity contribution < 1.29 is 9.90 Å². The fraction of sp³-hybridized carbons (Fsp3) is 0.308. The molecule has 3 rings (SSSR count). The molecule has 0 fully saturated rings. The van der Waals surface area contributed by atoms with E-state index in [0.717, 1.165) is 17.2 Å². The first-order valence-electron chi connectivity index (χ1n) is 5.96. The number of benzene rings is 1. The molecule has 0 aliphatic carbocycles. The van der Waals surface area contributed by atoms with Crippen LogP contribution in [0.25, 0.3) is 11.4 Å². The number of carbonyl (C=O) groups is 1. The van der Waals surface area contributed by atoms with Crippen molar-refractivity contribution in [3.63, 3.8) is 0 Å². The topological polar surface area (TPSA) is 68.0 Å². The summed E-state index contributed by atoms with van der Waals surface area (Å²) < 4.78 is 1.93. The predicted molar refractivity (Wildman–Crippen MR) is 64.9 cm³/mol. The molecule has 1 aliphatic rings. The number of aliphatic carboxylic acids is 1. The Hall–Kier alpha value is -2.17. The van der Waals surface area contributed by atoms with Gasteiger partial charge in [-0.3, -0.25) is 4.79 Å². The van der Waals surface area contributed by atoms with Crippen LogP contribution in [0.2, 0.25) is 0 Å². The number of rotatable bonds is 2. The summed E-state index contributed by atoms with van der Waals surface area (Å²) in [4.78, 5) is 11.1. The van der Waals surface area contributed by atoms with Crippen molar-refractivity contribution in [2.75, 3.05) is 0 Å². The second kappa shape index (κ2) is 4.25. The number of carboxylic acids is 1. The van der Waals surface area contributed by atoms with Crippen molar-refractivity contribution in [1.82, 2.24) is 14.8 Å². The van der Waals surface area contributed by atoms with Crippen molar-refractivity contribution in [3.05, 3.63) is 36.2 Å². The van der Waals surface area contributed by atoms with Gasteiger partial charge in [0.05, 0.1) is 5.92 Å². The van der Waals surface area contributed by atoms with Gasteiger partial charge in [0.25, 0.3) is 0 Å². The van der Waals surface area contributed by atoms with Crippen LogP contribution in [0.5, 0.6) is 0 Å². The number of fused-ring (bicyclic) bond motifs is 1. The molecule has 0 saturated heterocycles. The van der Waals surface area contributed by atoms with Crippen LogP contribution < -0.4 is 0 Å². The third kappa shape index (κ3) is 1.77. The summed E-state index contributed by atoms with van der Waals surface area (Å²) >= 11 is 0. The first kappa shape index (κ1) is 11.0. The van der Waals surface area contributed by atoms with Crippen LogP contribution in [0, 0.1) is 5.92 Å². The average molecular weight is 243 g/mol. The number of aromatic nitrogens is 3. The van der Waals surface area contributed by atoms with Gasteiger partial charge in [-0.25, -0.2) is 0 Å². The molecule has 1 N–H and O–H groups in total. The lowest BCUT2D eigenvalue weighted by Crippen LogP contribution is -2.27. The van der Waals surface area contributed by atoms with Gasteiger partial charge in [-0.2, -0.15) is 0 Å². The number of carboxylic acid groups (broad SMARTS) is 1. The van der Waals surface area contributed by atoms with Crippen molar-refractivity contribution >= 4 is 5.97 Å². The minimum absolute atomic E-state index is 0.337. The molecule has 0 unspecified atom stereocenters. The number of aryl methyl sites for hydroxylation is 1. The zero-order valence-electron chi connectivity index (χ0n) is 9.78. The molecular formula is C13H13N3O2. The smallest absolute Gasteiger partial charge is 0.308 e. The first-order chi connectivity index (χ1) is 8.75. The van der Waals surface area contributed by atoms with E-state index in [2.05, 4.69) is 10.2 Å². The maximum atomic E-state index is 11.1. The summed E-state index contributed by atoms with van der Waals surface area (Å²) in [7, 11) is 0. The number of hydrogen-bond donors (Lipinski definition) is 1. The number of nitrogens with zero attached hydrogens (tertiary/aromatic N) is 3. The minimum Gasteiger partial charge on any atom is -0.481 e. The molecule has 18 heavy (non-hydrogen) atoms. The Labute approximate surface area is 104 Å². The second-order valence-electron chi connectivity index (χ2n) is 4.49. The molecule has 0 bridgehead atoms. The van der Waals surface area contributed by atoms with Crippen LogP contribution in [0.15, 0.2) is 30.3 Å². The van der Waals surface area contributed by atoms with Crippen LogP contribution in [0.4, 0.5) is 0 Å². The fourth-order valence-corrected chi connectivity index (χ4v) is 2.33. The van der Waals surface area contributed by atoms with Gasteiger partial charge >= 0.3 is 5.97 Å². The molecule has 1 aromatic carbocycles. The van der Waals surface area contributed by atoms with Gasteiger partial charge in [0.1, 0.15) is 5.82 Å². The van der Waals surface area contributed by atoms with Gasteiger partial charge in [0, 0.05) is 18.5 Å². The van der Waals surface area contributed by atoms with Gasteiger partial charge < -0.3 is 9.67 Å². The van der Waals surface area contributed by atoms with Gasteiger partial charge in [-0.1, -0.05) is 30.3 Å². The third-order valence-electron chi connectivity index (χ3n) is 3.33. The standard InChI is InChI=1S/C13H13N3O2/c17-13(18)10-6-7-11-14-15-12(16(11)8-10)9-4-2-1-3-5-9/h1-5,10H,6-8H2,(H,17,18)/t10-/m0/s1. The van der Waals surface area contributed by atoms with Crippen molar-refractivity contribution in [3.8, 4) is 11.4 Å². The summed E-state index contributed by atoms with van der Waals surface area (Å²) in [5.74, 6) is 0.562. The molecule has 0 radical (unpaired) electrons. The van der Waals surface area contributed by atoms with E-state index in [4.69, 9.17) is 5.11 Å². The lowest BCUT2D eigenvalue weighted by molar-refractivity contribution is -0.142.